The highest BCUT2D eigenvalue weighted by Crippen LogP contribution is 2.37. The van der Waals surface area contributed by atoms with Crippen LogP contribution in [0.4, 0.5) is 33.5 Å². The number of hydrogen-bond acceptors (Lipinski definition) is 5. The number of nitrogens with one attached hydrogen (secondary N) is 1. The van der Waals surface area contributed by atoms with Gasteiger partial charge in [-0.05, 0) is 19.3 Å². The lowest BCUT2D eigenvalue weighted by Crippen LogP contribution is -2.43. The average molecular weight is 385 g/mol. The van der Waals surface area contributed by atoms with E-state index in [1.165, 1.54) is 11.9 Å². The molecule has 1 aliphatic heterocycles. The molecule has 1 saturated heterocycles. The molecule has 1 aliphatic rings. The van der Waals surface area contributed by atoms with E-state index in [0.29, 0.717) is 6.42 Å². The monoisotopic (exact) mass is 385 g/mol. The predicted molar refractivity (Wildman–Crippen MR) is 78.9 cm³/mol. The molecule has 0 radical (unpaired) electrons. The van der Waals surface area contributed by atoms with Crippen LogP contribution in [0.2, 0.25) is 0 Å². The van der Waals surface area contributed by atoms with E-state index in [0.717, 1.165) is 4.68 Å². The number of rotatable bonds is 4. The molecule has 1 N–H and O–H groups in total. The smallest absolute Gasteiger partial charge is 0.351 e. The van der Waals surface area contributed by atoms with Gasteiger partial charge in [0, 0.05) is 26.2 Å². The molecule has 8 nitrogen and oxygen atoms in total. The Bertz CT molecular complexity index is 690. The van der Waals surface area contributed by atoms with Crippen LogP contribution in [0.1, 0.15) is 31.4 Å². The first-order valence-corrected chi connectivity index (χ1v) is 7.64. The van der Waals surface area contributed by atoms with Crippen molar-refractivity contribution in [1.29, 1.82) is 0 Å². The summed E-state index contributed by atoms with van der Waals surface area (Å²) in [5, 5.41) is 16.6. The van der Waals surface area contributed by atoms with E-state index in [1.807, 2.05) is 5.32 Å². The third kappa shape index (κ3) is 4.19. The number of anilines is 1. The largest absolute Gasteiger partial charge is 0.471 e. The molecule has 0 bridgehead atoms. The number of aryl methyl sites for hydroxylation is 1. The molecule has 26 heavy (non-hydrogen) atoms. The van der Waals surface area contributed by atoms with Gasteiger partial charge in [0.1, 0.15) is 0 Å². The van der Waals surface area contributed by atoms with Gasteiger partial charge in [-0.25, -0.2) is 13.5 Å². The number of carbonyl (C=O) groups excluding carboxylic acids is 1. The van der Waals surface area contributed by atoms with E-state index in [2.05, 4.69) is 5.10 Å². The van der Waals surface area contributed by atoms with Crippen LogP contribution in [-0.2, 0) is 11.8 Å². The Hall–Kier alpha value is -2.47. The minimum absolute atomic E-state index is 0.0475. The molecular formula is C13H16F5N5O3. The Morgan fingerprint density at radius 3 is 2.54 bits per heavy atom. The Balaban J connectivity index is 2.19. The highest BCUT2D eigenvalue weighted by Gasteiger charge is 2.40. The van der Waals surface area contributed by atoms with Crippen molar-refractivity contribution in [3.05, 3.63) is 15.8 Å². The molecule has 2 rings (SSSR count). The molecule has 1 amide bonds. The summed E-state index contributed by atoms with van der Waals surface area (Å²) in [6, 6.07) is -0.768. The number of alkyl halides is 5. The van der Waals surface area contributed by atoms with Crippen molar-refractivity contribution in [2.24, 2.45) is 7.05 Å². The first-order chi connectivity index (χ1) is 12.0. The van der Waals surface area contributed by atoms with Crippen molar-refractivity contribution in [2.45, 2.75) is 37.9 Å². The van der Waals surface area contributed by atoms with Crippen molar-refractivity contribution in [2.75, 3.05) is 18.0 Å². The van der Waals surface area contributed by atoms with Crippen LogP contribution in [0.25, 0.3) is 0 Å². The molecule has 1 atom stereocenters. The summed E-state index contributed by atoms with van der Waals surface area (Å²) in [6.07, 6.45) is -7.52. The maximum atomic E-state index is 13.0. The Labute approximate surface area is 144 Å². The number of hydrogen-bond donors (Lipinski definition) is 1. The maximum Gasteiger partial charge on any atom is 0.471 e. The number of halogens is 5. The summed E-state index contributed by atoms with van der Waals surface area (Å²) >= 11 is 0. The molecule has 0 aromatic carbocycles. The van der Waals surface area contributed by atoms with E-state index < -0.39 is 40.9 Å². The number of carbonyl (C=O) groups is 1. The third-order valence-electron chi connectivity index (χ3n) is 4.03. The van der Waals surface area contributed by atoms with Gasteiger partial charge in [-0.2, -0.15) is 18.3 Å². The summed E-state index contributed by atoms with van der Waals surface area (Å²) in [4.78, 5) is 22.7. The van der Waals surface area contributed by atoms with Crippen LogP contribution in [-0.4, -0.2) is 45.9 Å². The van der Waals surface area contributed by atoms with E-state index in [9.17, 15) is 36.9 Å². The standard InChI is InChI=1S/C13H16F5N5O3/c1-21-11(9(23(25)26)8(20-21)10(14)15)22-5-2-3-7(4-6-22)19-12(24)13(16,17)18/h7,10H,2-6H2,1H3,(H,19,24). The molecule has 2 heterocycles. The van der Waals surface area contributed by atoms with Gasteiger partial charge in [-0.1, -0.05) is 0 Å². The van der Waals surface area contributed by atoms with Crippen molar-refractivity contribution >= 4 is 17.4 Å². The van der Waals surface area contributed by atoms with Crippen LogP contribution < -0.4 is 10.2 Å². The molecule has 1 fully saturated rings. The quantitative estimate of drug-likeness (QED) is 0.488. The van der Waals surface area contributed by atoms with Gasteiger partial charge in [0.25, 0.3) is 6.43 Å². The lowest BCUT2D eigenvalue weighted by atomic mass is 10.1. The minimum Gasteiger partial charge on any atom is -0.351 e. The number of amides is 1. The molecule has 0 saturated carbocycles. The van der Waals surface area contributed by atoms with E-state index in [4.69, 9.17) is 0 Å². The molecule has 0 spiro atoms. The van der Waals surface area contributed by atoms with Gasteiger partial charge in [0.15, 0.2) is 0 Å². The van der Waals surface area contributed by atoms with Gasteiger partial charge in [-0.3, -0.25) is 14.9 Å². The second-order valence-corrected chi connectivity index (χ2v) is 5.82. The van der Waals surface area contributed by atoms with Crippen LogP contribution in [0.3, 0.4) is 0 Å². The van der Waals surface area contributed by atoms with Crippen LogP contribution >= 0.6 is 0 Å². The van der Waals surface area contributed by atoms with Crippen LogP contribution in [0, 0.1) is 10.1 Å². The van der Waals surface area contributed by atoms with Crippen molar-refractivity contribution in [3.63, 3.8) is 0 Å². The van der Waals surface area contributed by atoms with Gasteiger partial charge in [0.2, 0.25) is 11.5 Å². The van der Waals surface area contributed by atoms with Gasteiger partial charge in [-0.15, -0.1) is 0 Å². The van der Waals surface area contributed by atoms with Gasteiger partial charge in [0.05, 0.1) is 4.92 Å². The normalized spacial score (nSPS) is 18.7. The summed E-state index contributed by atoms with van der Waals surface area (Å²) in [7, 11) is 1.28. The molecule has 1 unspecified atom stereocenters. The zero-order valence-electron chi connectivity index (χ0n) is 13.6. The van der Waals surface area contributed by atoms with Crippen LogP contribution in [0.5, 0.6) is 0 Å². The fourth-order valence-corrected chi connectivity index (χ4v) is 2.92. The Morgan fingerprint density at radius 2 is 2.00 bits per heavy atom. The second kappa shape index (κ2) is 7.41. The Kier molecular flexibility index (Phi) is 5.66. The summed E-state index contributed by atoms with van der Waals surface area (Å²) in [5.41, 5.74) is -1.78. The first kappa shape index (κ1) is 19.8. The van der Waals surface area contributed by atoms with Crippen LogP contribution in [0.15, 0.2) is 0 Å². The average Bonchev–Trinajstić information content (AvgIpc) is 2.71. The molecule has 0 aliphatic carbocycles. The topological polar surface area (TPSA) is 93.3 Å². The predicted octanol–water partition coefficient (Wildman–Crippen LogP) is 2.30. The third-order valence-corrected chi connectivity index (χ3v) is 4.03. The van der Waals surface area contributed by atoms with Crippen molar-refractivity contribution in [1.82, 2.24) is 15.1 Å². The first-order valence-electron chi connectivity index (χ1n) is 7.64. The van der Waals surface area contributed by atoms with E-state index >= 15 is 0 Å². The van der Waals surface area contributed by atoms with E-state index in [1.54, 1.807) is 0 Å². The molecule has 146 valence electrons. The highest BCUT2D eigenvalue weighted by molar-refractivity contribution is 5.81. The number of aromatic nitrogens is 2. The molecule has 1 aromatic heterocycles. The van der Waals surface area contributed by atoms with Crippen molar-refractivity contribution in [3.8, 4) is 0 Å². The SMILES string of the molecule is Cn1nc(C(F)F)c([N+](=O)[O-])c1N1CCCC(NC(=O)C(F)(F)F)CC1. The zero-order valence-corrected chi connectivity index (χ0v) is 13.6. The number of nitro groups is 1. The lowest BCUT2D eigenvalue weighted by molar-refractivity contribution is -0.385. The van der Waals surface area contributed by atoms with Gasteiger partial charge < -0.3 is 10.2 Å². The summed E-state index contributed by atoms with van der Waals surface area (Å²) in [6.45, 7) is 0.243. The Morgan fingerprint density at radius 1 is 1.35 bits per heavy atom. The number of nitrogens with zero attached hydrogens (tertiary/aromatic N) is 4. The summed E-state index contributed by atoms with van der Waals surface area (Å²) in [5.74, 6) is -2.18. The summed E-state index contributed by atoms with van der Waals surface area (Å²) < 4.78 is 64.0. The fraction of sp³-hybridized carbons (Fsp3) is 0.692. The zero-order chi connectivity index (χ0) is 19.6. The minimum atomic E-state index is -5.00. The maximum absolute atomic E-state index is 13.0. The van der Waals surface area contributed by atoms with Crippen molar-refractivity contribution < 1.29 is 31.7 Å². The molecule has 1 aromatic rings. The fourth-order valence-electron chi connectivity index (χ4n) is 2.92. The lowest BCUT2D eigenvalue weighted by Gasteiger charge is -2.22. The molecule has 13 heteroatoms. The van der Waals surface area contributed by atoms with Gasteiger partial charge >= 0.3 is 17.8 Å². The highest BCUT2D eigenvalue weighted by atomic mass is 19.4. The van der Waals surface area contributed by atoms with E-state index in [-0.39, 0.29) is 31.7 Å². The second-order valence-electron chi connectivity index (χ2n) is 5.82. The molecular weight excluding hydrogens is 369 g/mol.